The fourth-order valence-electron chi connectivity index (χ4n) is 9.07. The van der Waals surface area contributed by atoms with Gasteiger partial charge < -0.3 is 23.8 Å². The molecule has 1 saturated heterocycles. The first-order valence-corrected chi connectivity index (χ1v) is 12.8. The summed E-state index contributed by atoms with van der Waals surface area (Å²) in [5.74, 6) is 2.17. The van der Waals surface area contributed by atoms with E-state index in [2.05, 4.69) is 54.4 Å². The summed E-state index contributed by atoms with van der Waals surface area (Å²) in [6.45, 7) is 2.46. The molecule has 3 saturated carbocycles. The minimum absolute atomic E-state index is 0.00578. The molecular weight excluding hydrogens is 426 g/mol. The van der Waals surface area contributed by atoms with Gasteiger partial charge in [0.25, 0.3) is 0 Å². The second-order valence-corrected chi connectivity index (χ2v) is 11.3. The van der Waals surface area contributed by atoms with Crippen molar-refractivity contribution < 1.29 is 18.9 Å². The Morgan fingerprint density at radius 1 is 1.06 bits per heavy atom. The van der Waals surface area contributed by atoms with E-state index in [-0.39, 0.29) is 22.5 Å². The van der Waals surface area contributed by atoms with Crippen LogP contribution in [0.15, 0.2) is 42.5 Å². The van der Waals surface area contributed by atoms with E-state index >= 15 is 0 Å². The standard InChI is InChI=1S/C29H35NO4/c1-30-14-13-28-24-20-9-10-22(31-2)25(24)34-26(28)29(32-3)12-11-27(28,23(30)15-20)16-21(29)18-33-17-19-7-5-4-6-8-19/h4-10,21,23,26H,11-18H2,1-3H3/t21-,23+,26+,27+,28-,29+/m0/s1. The lowest BCUT2D eigenvalue weighted by Gasteiger charge is -2.73. The second-order valence-electron chi connectivity index (χ2n) is 11.3. The van der Waals surface area contributed by atoms with Gasteiger partial charge in [-0.15, -0.1) is 0 Å². The molecule has 6 atom stereocenters. The first-order chi connectivity index (χ1) is 16.6. The average Bonchev–Trinajstić information content (AvgIpc) is 3.24. The molecule has 5 heteroatoms. The molecule has 0 radical (unpaired) electrons. The van der Waals surface area contributed by atoms with Crippen molar-refractivity contribution in [2.75, 3.05) is 34.4 Å². The van der Waals surface area contributed by atoms with E-state index in [0.29, 0.717) is 25.2 Å². The van der Waals surface area contributed by atoms with Crippen LogP contribution in [0.25, 0.3) is 0 Å². The van der Waals surface area contributed by atoms with Crippen LogP contribution in [0.1, 0.15) is 42.4 Å². The summed E-state index contributed by atoms with van der Waals surface area (Å²) in [6.07, 6.45) is 5.60. The Balaban J connectivity index is 1.33. The first kappa shape index (κ1) is 21.2. The van der Waals surface area contributed by atoms with Crippen LogP contribution in [-0.4, -0.2) is 57.1 Å². The van der Waals surface area contributed by atoms with Gasteiger partial charge in [-0.1, -0.05) is 36.4 Å². The quantitative estimate of drug-likeness (QED) is 0.640. The van der Waals surface area contributed by atoms with Crippen molar-refractivity contribution in [3.05, 3.63) is 59.2 Å². The second kappa shape index (κ2) is 7.22. The van der Waals surface area contributed by atoms with Crippen molar-refractivity contribution in [1.29, 1.82) is 0 Å². The van der Waals surface area contributed by atoms with Crippen LogP contribution < -0.4 is 9.47 Å². The SMILES string of the molecule is COc1ccc2c3c1O[C@H]1[C@@]4(OC)CC[C@@]5(C[C@H]4COCc4ccccc4)[C@@H](C2)N(C)CC[C@]315. The lowest BCUT2D eigenvalue weighted by Crippen LogP contribution is -2.81. The van der Waals surface area contributed by atoms with Crippen LogP contribution in [0.2, 0.25) is 0 Å². The molecule has 180 valence electrons. The van der Waals surface area contributed by atoms with Gasteiger partial charge in [0.05, 0.1) is 20.3 Å². The summed E-state index contributed by atoms with van der Waals surface area (Å²) in [6, 6.07) is 15.4. The van der Waals surface area contributed by atoms with E-state index in [1.54, 1.807) is 7.11 Å². The third-order valence-corrected chi connectivity index (χ3v) is 10.4. The Hall–Kier alpha value is -2.08. The highest BCUT2D eigenvalue weighted by atomic mass is 16.6. The number of fused-ring (bicyclic) bond motifs is 2. The first-order valence-electron chi connectivity index (χ1n) is 12.8. The molecule has 0 N–H and O–H groups in total. The van der Waals surface area contributed by atoms with Crippen molar-refractivity contribution in [1.82, 2.24) is 4.90 Å². The van der Waals surface area contributed by atoms with Gasteiger partial charge in [0.1, 0.15) is 11.7 Å². The third-order valence-electron chi connectivity index (χ3n) is 10.4. The molecule has 0 aromatic heterocycles. The van der Waals surface area contributed by atoms with Gasteiger partial charge in [-0.25, -0.2) is 0 Å². The van der Waals surface area contributed by atoms with Crippen LogP contribution in [0.5, 0.6) is 11.5 Å². The monoisotopic (exact) mass is 461 g/mol. The van der Waals surface area contributed by atoms with Crippen molar-refractivity contribution >= 4 is 0 Å². The Bertz CT molecular complexity index is 1120. The number of likely N-dealkylation sites (N-methyl/N-ethyl adjacent to an activating group) is 1. The van der Waals surface area contributed by atoms with Gasteiger partial charge in [0, 0.05) is 35.5 Å². The number of likely N-dealkylation sites (tertiary alicyclic amines) is 1. The molecule has 2 aromatic rings. The van der Waals surface area contributed by atoms with Crippen LogP contribution >= 0.6 is 0 Å². The van der Waals surface area contributed by atoms with Gasteiger partial charge in [0.15, 0.2) is 11.5 Å². The molecule has 6 aliphatic rings. The Morgan fingerprint density at radius 3 is 2.71 bits per heavy atom. The highest BCUT2D eigenvalue weighted by Gasteiger charge is 2.80. The number of benzene rings is 2. The minimum Gasteiger partial charge on any atom is -0.493 e. The fourth-order valence-corrected chi connectivity index (χ4v) is 9.07. The molecular formula is C29H35NO4. The van der Waals surface area contributed by atoms with Gasteiger partial charge >= 0.3 is 0 Å². The maximum absolute atomic E-state index is 7.03. The summed E-state index contributed by atoms with van der Waals surface area (Å²) in [5.41, 5.74) is 3.99. The highest BCUT2D eigenvalue weighted by Crippen LogP contribution is 2.76. The van der Waals surface area contributed by atoms with Gasteiger partial charge in [0.2, 0.25) is 0 Å². The summed E-state index contributed by atoms with van der Waals surface area (Å²) >= 11 is 0. The Morgan fingerprint density at radius 2 is 1.91 bits per heavy atom. The van der Waals surface area contributed by atoms with Crippen LogP contribution in [-0.2, 0) is 27.9 Å². The molecule has 8 rings (SSSR count). The minimum atomic E-state index is -0.336. The Labute approximate surface area is 202 Å². The third kappa shape index (κ3) is 2.36. The zero-order valence-electron chi connectivity index (χ0n) is 20.5. The molecule has 2 heterocycles. The summed E-state index contributed by atoms with van der Waals surface area (Å²) in [7, 11) is 6.00. The summed E-state index contributed by atoms with van der Waals surface area (Å²) < 4.78 is 25.8. The van der Waals surface area contributed by atoms with Gasteiger partial charge in [-0.2, -0.15) is 0 Å². The van der Waals surface area contributed by atoms with E-state index in [0.717, 1.165) is 43.7 Å². The summed E-state index contributed by atoms with van der Waals surface area (Å²) in [5, 5.41) is 0. The predicted octanol–water partition coefficient (Wildman–Crippen LogP) is 4.36. The molecule has 2 aliphatic heterocycles. The molecule has 0 amide bonds. The van der Waals surface area contributed by atoms with Crippen molar-refractivity contribution in [3.63, 3.8) is 0 Å². The number of piperidine rings is 1. The maximum atomic E-state index is 7.03. The number of hydrogen-bond acceptors (Lipinski definition) is 5. The molecule has 5 nitrogen and oxygen atoms in total. The van der Waals surface area contributed by atoms with Crippen molar-refractivity contribution in [3.8, 4) is 11.5 Å². The van der Waals surface area contributed by atoms with E-state index in [1.807, 2.05) is 7.11 Å². The smallest absolute Gasteiger partial charge is 0.165 e. The molecule has 4 aliphatic carbocycles. The van der Waals surface area contributed by atoms with Gasteiger partial charge in [-0.05, 0) is 62.9 Å². The van der Waals surface area contributed by atoms with Crippen molar-refractivity contribution in [2.24, 2.45) is 11.3 Å². The number of nitrogens with zero attached hydrogens (tertiary/aromatic N) is 1. The zero-order valence-corrected chi connectivity index (χ0v) is 20.5. The highest BCUT2D eigenvalue weighted by molar-refractivity contribution is 5.63. The average molecular weight is 462 g/mol. The predicted molar refractivity (Wildman–Crippen MR) is 129 cm³/mol. The molecule has 34 heavy (non-hydrogen) atoms. The van der Waals surface area contributed by atoms with Crippen LogP contribution in [0.3, 0.4) is 0 Å². The van der Waals surface area contributed by atoms with Crippen LogP contribution in [0.4, 0.5) is 0 Å². The topological polar surface area (TPSA) is 40.2 Å². The molecule has 4 fully saturated rings. The van der Waals surface area contributed by atoms with Crippen LogP contribution in [0, 0.1) is 11.3 Å². The maximum Gasteiger partial charge on any atom is 0.165 e. The molecule has 2 spiro atoms. The number of hydrogen-bond donors (Lipinski definition) is 0. The van der Waals surface area contributed by atoms with E-state index in [9.17, 15) is 0 Å². The van der Waals surface area contributed by atoms with Gasteiger partial charge in [-0.3, -0.25) is 0 Å². The van der Waals surface area contributed by atoms with Crippen molar-refractivity contribution in [2.45, 2.75) is 61.9 Å². The lowest BCUT2D eigenvalue weighted by molar-refractivity contribution is -0.282. The lowest BCUT2D eigenvalue weighted by atomic mass is 9.35. The zero-order chi connectivity index (χ0) is 23.1. The van der Waals surface area contributed by atoms with E-state index < -0.39 is 0 Å². The van der Waals surface area contributed by atoms with E-state index in [4.69, 9.17) is 18.9 Å². The van der Waals surface area contributed by atoms with E-state index in [1.165, 1.54) is 23.1 Å². The summed E-state index contributed by atoms with van der Waals surface area (Å²) in [4.78, 5) is 2.64. The molecule has 4 bridgehead atoms. The molecule has 0 unspecified atom stereocenters. The normalized spacial score (nSPS) is 39.0. The fraction of sp³-hybridized carbons (Fsp3) is 0.586. The largest absolute Gasteiger partial charge is 0.493 e. The Kier molecular flexibility index (Phi) is 4.51. The number of methoxy groups -OCH3 is 2. The number of ether oxygens (including phenoxy) is 4. The number of rotatable bonds is 6. The molecule has 2 aromatic carbocycles.